The highest BCUT2D eigenvalue weighted by Gasteiger charge is 2.38. The molecule has 1 atom stereocenters. The van der Waals surface area contributed by atoms with Crippen LogP contribution >= 0.6 is 11.3 Å². The zero-order chi connectivity index (χ0) is 17.6. The molecule has 25 heavy (non-hydrogen) atoms. The highest BCUT2D eigenvalue weighted by Crippen LogP contribution is 2.37. The summed E-state index contributed by atoms with van der Waals surface area (Å²) in [4.78, 5) is 29.1. The molecule has 0 aromatic carbocycles. The number of likely N-dealkylation sites (tertiary alicyclic amines) is 1. The van der Waals surface area contributed by atoms with Crippen LogP contribution in [0.25, 0.3) is 4.83 Å². The van der Waals surface area contributed by atoms with E-state index in [0.717, 1.165) is 36.6 Å². The van der Waals surface area contributed by atoms with E-state index in [1.54, 1.807) is 17.5 Å². The molecule has 7 heteroatoms. The van der Waals surface area contributed by atoms with Gasteiger partial charge in [-0.05, 0) is 26.7 Å². The number of carbonyl (C=O) groups is 1. The molecule has 3 aromatic heterocycles. The minimum absolute atomic E-state index is 0.0161. The van der Waals surface area contributed by atoms with Crippen LogP contribution in [0.2, 0.25) is 0 Å². The smallest absolute Gasteiger partial charge is 0.257 e. The Hall–Kier alpha value is -2.28. The molecule has 1 saturated heterocycles. The van der Waals surface area contributed by atoms with Gasteiger partial charge in [0.1, 0.15) is 17.0 Å². The number of thiazole rings is 1. The van der Waals surface area contributed by atoms with Gasteiger partial charge >= 0.3 is 0 Å². The zero-order valence-corrected chi connectivity index (χ0v) is 15.5. The molecule has 0 radical (unpaired) electrons. The molecule has 1 aliphatic rings. The highest BCUT2D eigenvalue weighted by molar-refractivity contribution is 7.15. The van der Waals surface area contributed by atoms with Crippen molar-refractivity contribution >= 4 is 22.1 Å². The number of fused-ring (bicyclic) bond motifs is 1. The standard InChI is InChI=1S/C18H21N5OS/c1-12-14(9-19-11-20-12)16(24)22-6-4-5-18(3,10-22)15-17-23(7-8-25-17)13(2)21-15/h7-9,11H,4-6,10H2,1-3H3/t18-/m1/s1. The van der Waals surface area contributed by atoms with Crippen LogP contribution in [0.4, 0.5) is 0 Å². The Balaban J connectivity index is 1.67. The monoisotopic (exact) mass is 355 g/mol. The van der Waals surface area contributed by atoms with Crippen LogP contribution in [0.3, 0.4) is 0 Å². The second-order valence-electron chi connectivity index (χ2n) is 7.00. The fourth-order valence-electron chi connectivity index (χ4n) is 3.74. The first-order valence-electron chi connectivity index (χ1n) is 8.48. The molecule has 0 unspecified atom stereocenters. The van der Waals surface area contributed by atoms with Gasteiger partial charge in [-0.1, -0.05) is 6.92 Å². The highest BCUT2D eigenvalue weighted by atomic mass is 32.1. The van der Waals surface area contributed by atoms with E-state index < -0.39 is 0 Å². The molecule has 0 spiro atoms. The number of aryl methyl sites for hydroxylation is 2. The lowest BCUT2D eigenvalue weighted by molar-refractivity contribution is 0.0647. The minimum atomic E-state index is -0.137. The van der Waals surface area contributed by atoms with E-state index >= 15 is 0 Å². The summed E-state index contributed by atoms with van der Waals surface area (Å²) < 4.78 is 2.14. The molecule has 3 aromatic rings. The van der Waals surface area contributed by atoms with E-state index in [0.29, 0.717) is 12.1 Å². The minimum Gasteiger partial charge on any atom is -0.338 e. The SMILES string of the molecule is Cc1ncncc1C(=O)N1CCC[C@@](C)(c2nc(C)n3ccsc23)C1. The molecular formula is C18H21N5OS. The molecule has 1 amide bonds. The summed E-state index contributed by atoms with van der Waals surface area (Å²) in [7, 11) is 0. The Morgan fingerprint density at radius 2 is 2.20 bits per heavy atom. The largest absolute Gasteiger partial charge is 0.338 e. The van der Waals surface area contributed by atoms with Crippen LogP contribution in [0.1, 0.15) is 47.3 Å². The predicted octanol–water partition coefficient (Wildman–Crippen LogP) is 3.00. The number of hydrogen-bond acceptors (Lipinski definition) is 5. The summed E-state index contributed by atoms with van der Waals surface area (Å²) in [6.45, 7) is 7.55. The number of nitrogens with zero attached hydrogens (tertiary/aromatic N) is 5. The maximum Gasteiger partial charge on any atom is 0.257 e. The normalized spacial score (nSPS) is 21.0. The summed E-state index contributed by atoms with van der Waals surface area (Å²) in [6, 6.07) is 0. The molecule has 0 bridgehead atoms. The Kier molecular flexibility index (Phi) is 3.83. The lowest BCUT2D eigenvalue weighted by atomic mass is 9.79. The Bertz CT molecular complexity index is 946. The van der Waals surface area contributed by atoms with Gasteiger partial charge in [-0.2, -0.15) is 0 Å². The van der Waals surface area contributed by atoms with Crippen LogP contribution in [0.15, 0.2) is 24.1 Å². The molecule has 0 aliphatic carbocycles. The summed E-state index contributed by atoms with van der Waals surface area (Å²) in [5.41, 5.74) is 2.29. The first-order chi connectivity index (χ1) is 12.0. The van der Waals surface area contributed by atoms with E-state index in [2.05, 4.69) is 32.9 Å². The van der Waals surface area contributed by atoms with Gasteiger partial charge in [0.25, 0.3) is 5.91 Å². The molecule has 1 fully saturated rings. The van der Waals surface area contributed by atoms with E-state index in [4.69, 9.17) is 4.98 Å². The van der Waals surface area contributed by atoms with Crippen molar-refractivity contribution in [1.82, 2.24) is 24.3 Å². The van der Waals surface area contributed by atoms with E-state index in [1.807, 2.05) is 18.7 Å². The fourth-order valence-corrected chi connectivity index (χ4v) is 4.76. The van der Waals surface area contributed by atoms with Crippen molar-refractivity contribution in [1.29, 1.82) is 0 Å². The van der Waals surface area contributed by atoms with Crippen molar-refractivity contribution < 1.29 is 4.79 Å². The van der Waals surface area contributed by atoms with Gasteiger partial charge in [-0.25, -0.2) is 15.0 Å². The second-order valence-corrected chi connectivity index (χ2v) is 7.89. The molecular weight excluding hydrogens is 334 g/mol. The molecule has 4 rings (SSSR count). The molecule has 6 nitrogen and oxygen atoms in total. The van der Waals surface area contributed by atoms with Crippen LogP contribution in [-0.2, 0) is 5.41 Å². The third kappa shape index (κ3) is 2.63. The lowest BCUT2D eigenvalue weighted by Crippen LogP contribution is -2.47. The topological polar surface area (TPSA) is 63.4 Å². The molecule has 0 N–H and O–H groups in total. The molecule has 130 valence electrons. The first kappa shape index (κ1) is 16.2. The summed E-state index contributed by atoms with van der Waals surface area (Å²) in [6.07, 6.45) is 7.16. The van der Waals surface area contributed by atoms with Crippen molar-refractivity contribution in [3.05, 3.63) is 46.9 Å². The summed E-state index contributed by atoms with van der Waals surface area (Å²) in [5, 5.41) is 2.09. The van der Waals surface area contributed by atoms with Gasteiger partial charge in [-0.3, -0.25) is 9.20 Å². The van der Waals surface area contributed by atoms with Gasteiger partial charge in [0.05, 0.1) is 17.0 Å². The van der Waals surface area contributed by atoms with Crippen molar-refractivity contribution in [2.75, 3.05) is 13.1 Å². The number of hydrogen-bond donors (Lipinski definition) is 0. The van der Waals surface area contributed by atoms with Crippen molar-refractivity contribution in [2.45, 2.75) is 39.0 Å². The second kappa shape index (κ2) is 5.91. The fraction of sp³-hybridized carbons (Fsp3) is 0.444. The molecule has 1 aliphatic heterocycles. The van der Waals surface area contributed by atoms with Gasteiger partial charge in [0.15, 0.2) is 0 Å². The zero-order valence-electron chi connectivity index (χ0n) is 14.7. The third-order valence-electron chi connectivity index (χ3n) is 5.13. The Labute approximate surface area is 150 Å². The maximum atomic E-state index is 13.0. The molecule has 0 saturated carbocycles. The van der Waals surface area contributed by atoms with Gasteiger partial charge < -0.3 is 4.90 Å². The maximum absolute atomic E-state index is 13.0. The number of carbonyl (C=O) groups excluding carboxylic acids is 1. The van der Waals surface area contributed by atoms with Crippen LogP contribution in [0, 0.1) is 13.8 Å². The average molecular weight is 355 g/mol. The number of amides is 1. The third-order valence-corrected chi connectivity index (χ3v) is 6.00. The first-order valence-corrected chi connectivity index (χ1v) is 9.36. The summed E-state index contributed by atoms with van der Waals surface area (Å²) in [5.74, 6) is 1.02. The van der Waals surface area contributed by atoms with Crippen molar-refractivity contribution in [3.8, 4) is 0 Å². The number of rotatable bonds is 2. The average Bonchev–Trinajstić information content (AvgIpc) is 3.19. The number of aromatic nitrogens is 4. The van der Waals surface area contributed by atoms with Crippen molar-refractivity contribution in [2.24, 2.45) is 0 Å². The van der Waals surface area contributed by atoms with E-state index in [9.17, 15) is 4.79 Å². The Morgan fingerprint density at radius 1 is 1.36 bits per heavy atom. The van der Waals surface area contributed by atoms with E-state index in [1.165, 1.54) is 11.2 Å². The van der Waals surface area contributed by atoms with Crippen LogP contribution in [-0.4, -0.2) is 43.2 Å². The van der Waals surface area contributed by atoms with Crippen LogP contribution < -0.4 is 0 Å². The number of imidazole rings is 1. The van der Waals surface area contributed by atoms with Gasteiger partial charge in [0, 0.05) is 36.3 Å². The summed E-state index contributed by atoms with van der Waals surface area (Å²) >= 11 is 1.71. The predicted molar refractivity (Wildman–Crippen MR) is 97.1 cm³/mol. The van der Waals surface area contributed by atoms with E-state index in [-0.39, 0.29) is 11.3 Å². The van der Waals surface area contributed by atoms with Gasteiger partial charge in [-0.15, -0.1) is 11.3 Å². The quantitative estimate of drug-likeness (QED) is 0.709. The van der Waals surface area contributed by atoms with Crippen molar-refractivity contribution in [3.63, 3.8) is 0 Å². The number of piperidine rings is 1. The van der Waals surface area contributed by atoms with Gasteiger partial charge in [0.2, 0.25) is 0 Å². The Morgan fingerprint density at radius 3 is 3.00 bits per heavy atom. The van der Waals surface area contributed by atoms with Crippen LogP contribution in [0.5, 0.6) is 0 Å². The lowest BCUT2D eigenvalue weighted by Gasteiger charge is -2.39. The molecule has 4 heterocycles.